The minimum absolute atomic E-state index is 0.0435. The molecule has 2 aromatic carbocycles. The van der Waals surface area contributed by atoms with Crippen molar-refractivity contribution in [1.29, 1.82) is 0 Å². The van der Waals surface area contributed by atoms with Gasteiger partial charge >= 0.3 is 6.03 Å². The number of benzene rings is 2. The molecule has 1 aromatic heterocycles. The molecule has 1 fully saturated rings. The lowest BCUT2D eigenvalue weighted by molar-refractivity contribution is -0.132. The summed E-state index contributed by atoms with van der Waals surface area (Å²) < 4.78 is 11.6. The Labute approximate surface area is 224 Å². The monoisotopic (exact) mass is 571 g/mol. The Morgan fingerprint density at radius 1 is 1.06 bits per heavy atom. The van der Waals surface area contributed by atoms with E-state index in [0.29, 0.717) is 36.7 Å². The highest BCUT2D eigenvalue weighted by molar-refractivity contribution is 9.10. The number of urea groups is 1. The zero-order valence-corrected chi connectivity index (χ0v) is 22.8. The van der Waals surface area contributed by atoms with Gasteiger partial charge in [-0.15, -0.1) is 11.3 Å². The van der Waals surface area contributed by atoms with Gasteiger partial charge in [-0.3, -0.25) is 4.79 Å². The first-order valence-electron chi connectivity index (χ1n) is 11.8. The molecular weight excluding hydrogens is 542 g/mol. The molecule has 4 rings (SSSR count). The van der Waals surface area contributed by atoms with E-state index in [1.807, 2.05) is 64.9 Å². The average molecular weight is 573 g/mol. The van der Waals surface area contributed by atoms with Crippen LogP contribution in [0.4, 0.5) is 10.5 Å². The van der Waals surface area contributed by atoms with Gasteiger partial charge in [-0.1, -0.05) is 34.1 Å². The predicted octanol–water partition coefficient (Wildman–Crippen LogP) is 5.80. The Kier molecular flexibility index (Phi) is 8.88. The van der Waals surface area contributed by atoms with E-state index < -0.39 is 0 Å². The quantitative estimate of drug-likeness (QED) is 0.316. The van der Waals surface area contributed by atoms with Gasteiger partial charge in [0.1, 0.15) is 6.54 Å². The van der Waals surface area contributed by atoms with E-state index >= 15 is 0 Å². The van der Waals surface area contributed by atoms with E-state index in [4.69, 9.17) is 9.47 Å². The molecule has 9 heteroatoms. The first kappa shape index (κ1) is 26.0. The largest absolute Gasteiger partial charge is 0.493 e. The van der Waals surface area contributed by atoms with Crippen molar-refractivity contribution in [3.05, 3.63) is 74.9 Å². The van der Waals surface area contributed by atoms with Crippen LogP contribution in [-0.2, 0) is 17.8 Å². The highest BCUT2D eigenvalue weighted by atomic mass is 79.9. The number of anilines is 1. The number of ether oxygens (including phenoxy) is 2. The van der Waals surface area contributed by atoms with E-state index in [9.17, 15) is 9.59 Å². The Hall–Kier alpha value is -3.04. The maximum atomic E-state index is 13.5. The van der Waals surface area contributed by atoms with Crippen LogP contribution >= 0.6 is 27.3 Å². The van der Waals surface area contributed by atoms with Crippen molar-refractivity contribution in [1.82, 2.24) is 9.80 Å². The molecule has 1 aliphatic carbocycles. The number of methoxy groups -OCH3 is 2. The number of rotatable bonds is 11. The van der Waals surface area contributed by atoms with Crippen molar-refractivity contribution in [2.75, 3.05) is 32.6 Å². The third kappa shape index (κ3) is 7.01. The van der Waals surface area contributed by atoms with Crippen LogP contribution in [0.25, 0.3) is 0 Å². The van der Waals surface area contributed by atoms with Gasteiger partial charge in [0.05, 0.1) is 20.8 Å². The van der Waals surface area contributed by atoms with Gasteiger partial charge in [0.15, 0.2) is 11.5 Å². The zero-order chi connectivity index (χ0) is 25.5. The summed E-state index contributed by atoms with van der Waals surface area (Å²) in [5.41, 5.74) is 1.74. The number of hydrogen-bond donors (Lipinski definition) is 1. The fourth-order valence-corrected chi connectivity index (χ4v) is 5.06. The van der Waals surface area contributed by atoms with Crippen LogP contribution in [0.15, 0.2) is 64.5 Å². The first-order valence-corrected chi connectivity index (χ1v) is 13.5. The zero-order valence-electron chi connectivity index (χ0n) is 20.4. The van der Waals surface area contributed by atoms with Crippen LogP contribution in [0.2, 0.25) is 0 Å². The van der Waals surface area contributed by atoms with E-state index in [2.05, 4.69) is 21.2 Å². The number of carbonyl (C=O) groups is 2. The van der Waals surface area contributed by atoms with E-state index in [1.165, 1.54) is 0 Å². The maximum Gasteiger partial charge on any atom is 0.322 e. The van der Waals surface area contributed by atoms with Crippen molar-refractivity contribution < 1.29 is 19.1 Å². The molecule has 3 aromatic rings. The molecule has 1 heterocycles. The van der Waals surface area contributed by atoms with Crippen LogP contribution in [0, 0.1) is 0 Å². The molecule has 3 amide bonds. The van der Waals surface area contributed by atoms with Crippen LogP contribution in [-0.4, -0.2) is 55.1 Å². The van der Waals surface area contributed by atoms with Gasteiger partial charge in [0.25, 0.3) is 0 Å². The Bertz CT molecular complexity index is 1180. The molecule has 1 saturated carbocycles. The summed E-state index contributed by atoms with van der Waals surface area (Å²) >= 11 is 5.05. The molecule has 190 valence electrons. The van der Waals surface area contributed by atoms with Gasteiger partial charge in [0, 0.05) is 27.6 Å². The number of nitrogens with one attached hydrogen (secondary N) is 1. The third-order valence-corrected chi connectivity index (χ3v) is 7.38. The number of thiophene rings is 1. The normalized spacial score (nSPS) is 12.6. The van der Waals surface area contributed by atoms with Crippen molar-refractivity contribution >= 4 is 44.9 Å². The molecule has 0 atom stereocenters. The molecule has 0 saturated heterocycles. The van der Waals surface area contributed by atoms with Crippen molar-refractivity contribution in [2.45, 2.75) is 31.8 Å². The second kappa shape index (κ2) is 12.3. The molecule has 0 unspecified atom stereocenters. The second-order valence-corrected chi connectivity index (χ2v) is 10.6. The molecule has 1 N–H and O–H groups in total. The summed E-state index contributed by atoms with van der Waals surface area (Å²) in [6.07, 6.45) is 2.48. The third-order valence-electron chi connectivity index (χ3n) is 6.03. The van der Waals surface area contributed by atoms with Crippen LogP contribution < -0.4 is 14.8 Å². The minimum Gasteiger partial charge on any atom is -0.493 e. The number of halogens is 1. The smallest absolute Gasteiger partial charge is 0.322 e. The topological polar surface area (TPSA) is 71.1 Å². The summed E-state index contributed by atoms with van der Waals surface area (Å²) in [7, 11) is 3.22. The molecule has 7 nitrogen and oxygen atoms in total. The number of hydrogen-bond acceptors (Lipinski definition) is 5. The van der Waals surface area contributed by atoms with E-state index in [-0.39, 0.29) is 24.5 Å². The standard InChI is InChI=1S/C27H30BrN3O4S/c1-34-24-11-8-19(15-25(24)35-2)12-13-30(17-23-7-4-14-36-23)26(32)18-31(22-9-10-22)27(33)29-21-6-3-5-20(28)16-21/h3-8,11,14-16,22H,9-10,12-13,17-18H2,1-2H3,(H,29,33). The summed E-state index contributed by atoms with van der Waals surface area (Å²) in [4.78, 5) is 31.2. The Balaban J connectivity index is 1.45. The number of carbonyl (C=O) groups excluding carboxylic acids is 2. The summed E-state index contributed by atoms with van der Waals surface area (Å²) in [6, 6.07) is 17.1. The molecule has 0 aliphatic heterocycles. The molecule has 0 radical (unpaired) electrons. The SMILES string of the molecule is COc1ccc(CCN(Cc2cccs2)C(=O)CN(C(=O)Nc2cccc(Br)c2)C2CC2)cc1OC. The van der Waals surface area contributed by atoms with Gasteiger partial charge in [-0.05, 0) is 66.6 Å². The number of nitrogens with zero attached hydrogens (tertiary/aromatic N) is 2. The van der Waals surface area contributed by atoms with Crippen molar-refractivity contribution in [3.63, 3.8) is 0 Å². The summed E-state index contributed by atoms with van der Waals surface area (Å²) in [5, 5.41) is 4.95. The summed E-state index contributed by atoms with van der Waals surface area (Å²) in [6.45, 7) is 1.08. The Morgan fingerprint density at radius 2 is 1.86 bits per heavy atom. The molecule has 36 heavy (non-hydrogen) atoms. The van der Waals surface area contributed by atoms with E-state index in [0.717, 1.165) is 27.8 Å². The molecular formula is C27H30BrN3O4S. The molecule has 0 spiro atoms. The lowest BCUT2D eigenvalue weighted by Gasteiger charge is -2.28. The van der Waals surface area contributed by atoms with Gasteiger partial charge in [-0.25, -0.2) is 4.79 Å². The van der Waals surface area contributed by atoms with Gasteiger partial charge in [-0.2, -0.15) is 0 Å². The van der Waals surface area contributed by atoms with Crippen LogP contribution in [0.5, 0.6) is 11.5 Å². The van der Waals surface area contributed by atoms with Crippen LogP contribution in [0.3, 0.4) is 0 Å². The minimum atomic E-state index is -0.250. The Morgan fingerprint density at radius 3 is 2.53 bits per heavy atom. The highest BCUT2D eigenvalue weighted by Gasteiger charge is 2.35. The average Bonchev–Trinajstić information content (AvgIpc) is 3.59. The molecule has 0 bridgehead atoms. The first-order chi connectivity index (χ1) is 17.5. The number of amides is 3. The van der Waals surface area contributed by atoms with Crippen LogP contribution in [0.1, 0.15) is 23.3 Å². The lowest BCUT2D eigenvalue weighted by atomic mass is 10.1. The van der Waals surface area contributed by atoms with Crippen molar-refractivity contribution in [2.24, 2.45) is 0 Å². The highest BCUT2D eigenvalue weighted by Crippen LogP contribution is 2.29. The van der Waals surface area contributed by atoms with Gasteiger partial charge in [0.2, 0.25) is 5.91 Å². The predicted molar refractivity (Wildman–Crippen MR) is 146 cm³/mol. The summed E-state index contributed by atoms with van der Waals surface area (Å²) in [5.74, 6) is 1.26. The molecule has 1 aliphatic rings. The second-order valence-electron chi connectivity index (χ2n) is 8.63. The maximum absolute atomic E-state index is 13.5. The van der Waals surface area contributed by atoms with Gasteiger partial charge < -0.3 is 24.6 Å². The fraction of sp³-hybridized carbons (Fsp3) is 0.333. The van der Waals surface area contributed by atoms with E-state index in [1.54, 1.807) is 30.5 Å². The lowest BCUT2D eigenvalue weighted by Crippen LogP contribution is -2.45. The fourth-order valence-electron chi connectivity index (χ4n) is 3.94. The van der Waals surface area contributed by atoms with Crippen molar-refractivity contribution in [3.8, 4) is 11.5 Å².